The van der Waals surface area contributed by atoms with E-state index in [0.29, 0.717) is 12.4 Å². The van der Waals surface area contributed by atoms with Crippen LogP contribution in [0, 0.1) is 23.0 Å². The van der Waals surface area contributed by atoms with Crippen molar-refractivity contribution >= 4 is 17.6 Å². The predicted octanol–water partition coefficient (Wildman–Crippen LogP) is 2.95. The molecule has 1 heterocycles. The van der Waals surface area contributed by atoms with Gasteiger partial charge in [-0.3, -0.25) is 10.1 Å². The number of carboxylic acid groups (broad SMARTS) is 2. The lowest BCUT2D eigenvalue weighted by molar-refractivity contribution is -0.385. The first kappa shape index (κ1) is 23.4. The number of unbranched alkanes of at least 4 members (excludes halogenated alkanes) is 1. The Bertz CT molecular complexity index is 666. The number of nitro benzene ring substituents is 1. The Morgan fingerprint density at radius 1 is 1.29 bits per heavy atom. The number of aryl methyl sites for hydroxylation is 1. The van der Waals surface area contributed by atoms with Gasteiger partial charge in [0.05, 0.1) is 11.5 Å². The molecule has 1 atom stereocenters. The molecule has 1 unspecified atom stereocenters. The summed E-state index contributed by atoms with van der Waals surface area (Å²) in [5.41, 5.74) is 0.933. The van der Waals surface area contributed by atoms with Crippen molar-refractivity contribution in [2.45, 2.75) is 39.5 Å². The van der Waals surface area contributed by atoms with E-state index in [0.717, 1.165) is 30.9 Å². The molecule has 1 saturated heterocycles. The molecule has 1 aliphatic rings. The first-order valence-electron chi connectivity index (χ1n) is 9.27. The molecule has 1 fully saturated rings. The first-order chi connectivity index (χ1) is 13.2. The Hall–Kier alpha value is -2.68. The highest BCUT2D eigenvalue weighted by Gasteiger charge is 2.16. The van der Waals surface area contributed by atoms with Crippen LogP contribution in [-0.2, 0) is 9.59 Å². The van der Waals surface area contributed by atoms with E-state index in [-0.39, 0.29) is 10.6 Å². The number of aliphatic carboxylic acids is 2. The third-order valence-corrected chi connectivity index (χ3v) is 4.36. The fourth-order valence-corrected chi connectivity index (χ4v) is 3.00. The third kappa shape index (κ3) is 8.81. The summed E-state index contributed by atoms with van der Waals surface area (Å²) in [5.74, 6) is -2.47. The van der Waals surface area contributed by atoms with Crippen molar-refractivity contribution in [3.05, 3.63) is 33.9 Å². The number of likely N-dealkylation sites (tertiary alicyclic amines) is 1. The maximum absolute atomic E-state index is 11.0. The number of carbonyl (C=O) groups is 2. The molecule has 28 heavy (non-hydrogen) atoms. The molecule has 9 nitrogen and oxygen atoms in total. The Labute approximate surface area is 164 Å². The lowest BCUT2D eigenvalue weighted by Gasteiger charge is -2.30. The number of nitro groups is 1. The van der Waals surface area contributed by atoms with Crippen molar-refractivity contribution in [2.75, 3.05) is 26.2 Å². The lowest BCUT2D eigenvalue weighted by atomic mass is 10.0. The van der Waals surface area contributed by atoms with E-state index in [9.17, 15) is 10.1 Å². The normalized spacial score (nSPS) is 16.6. The number of rotatable bonds is 7. The van der Waals surface area contributed by atoms with Crippen LogP contribution in [0.5, 0.6) is 5.75 Å². The third-order valence-electron chi connectivity index (χ3n) is 4.36. The minimum atomic E-state index is -1.82. The van der Waals surface area contributed by atoms with E-state index in [2.05, 4.69) is 11.8 Å². The summed E-state index contributed by atoms with van der Waals surface area (Å²) < 4.78 is 5.60. The highest BCUT2D eigenvalue weighted by molar-refractivity contribution is 6.27. The fourth-order valence-electron chi connectivity index (χ4n) is 3.00. The highest BCUT2D eigenvalue weighted by Crippen LogP contribution is 2.27. The molecule has 9 heteroatoms. The number of hydrogen-bond donors (Lipinski definition) is 2. The molecule has 0 aromatic heterocycles. The zero-order valence-corrected chi connectivity index (χ0v) is 16.3. The van der Waals surface area contributed by atoms with E-state index >= 15 is 0 Å². The van der Waals surface area contributed by atoms with Crippen molar-refractivity contribution in [2.24, 2.45) is 5.92 Å². The summed E-state index contributed by atoms with van der Waals surface area (Å²) in [4.78, 5) is 31.4. The van der Waals surface area contributed by atoms with Crippen LogP contribution in [0.25, 0.3) is 0 Å². The predicted molar refractivity (Wildman–Crippen MR) is 103 cm³/mol. The van der Waals surface area contributed by atoms with Crippen LogP contribution >= 0.6 is 0 Å². The molecule has 0 aliphatic carbocycles. The van der Waals surface area contributed by atoms with Gasteiger partial charge in [-0.15, -0.1) is 0 Å². The smallest absolute Gasteiger partial charge is 0.414 e. The van der Waals surface area contributed by atoms with Crippen LogP contribution in [0.2, 0.25) is 0 Å². The molecular formula is C19H28N2O7. The minimum Gasteiger partial charge on any atom is -0.487 e. The van der Waals surface area contributed by atoms with Gasteiger partial charge in [0.1, 0.15) is 0 Å². The maximum atomic E-state index is 11.0. The molecule has 0 spiro atoms. The van der Waals surface area contributed by atoms with Crippen molar-refractivity contribution in [1.29, 1.82) is 0 Å². The molecule has 2 rings (SSSR count). The van der Waals surface area contributed by atoms with Crippen molar-refractivity contribution in [3.8, 4) is 5.75 Å². The molecule has 2 N–H and O–H groups in total. The van der Waals surface area contributed by atoms with E-state index < -0.39 is 11.9 Å². The number of ether oxygens (including phenoxy) is 1. The van der Waals surface area contributed by atoms with Crippen molar-refractivity contribution < 1.29 is 29.5 Å². The van der Waals surface area contributed by atoms with E-state index in [4.69, 9.17) is 24.5 Å². The molecular weight excluding hydrogens is 368 g/mol. The van der Waals surface area contributed by atoms with Gasteiger partial charge in [0, 0.05) is 12.6 Å². The van der Waals surface area contributed by atoms with Gasteiger partial charge in [0.25, 0.3) is 0 Å². The topological polar surface area (TPSA) is 130 Å². The second-order valence-corrected chi connectivity index (χ2v) is 6.94. The fraction of sp³-hybridized carbons (Fsp3) is 0.579. The summed E-state index contributed by atoms with van der Waals surface area (Å²) >= 11 is 0. The summed E-state index contributed by atoms with van der Waals surface area (Å²) in [6.45, 7) is 8.19. The standard InChI is InChI=1S/C17H26N2O3.C2H2O4/c1-14-7-8-17(16(12-14)19(20)21)22-11-4-3-9-18-10-5-6-15(2)13-18;3-1(4)2(5)6/h7-8,12,15H,3-6,9-11,13H2,1-2H3;(H,3,4)(H,5,6). The van der Waals surface area contributed by atoms with E-state index in [1.807, 2.05) is 13.0 Å². The van der Waals surface area contributed by atoms with Gasteiger partial charge in [-0.2, -0.15) is 0 Å². The number of nitrogens with zero attached hydrogens (tertiary/aromatic N) is 2. The SMILES string of the molecule is Cc1ccc(OCCCCN2CCCC(C)C2)c([N+](=O)[O-])c1.O=C(O)C(=O)O. The summed E-state index contributed by atoms with van der Waals surface area (Å²) in [6.07, 6.45) is 4.65. The monoisotopic (exact) mass is 396 g/mol. The van der Waals surface area contributed by atoms with Crippen molar-refractivity contribution in [1.82, 2.24) is 4.90 Å². The second-order valence-electron chi connectivity index (χ2n) is 6.94. The van der Waals surface area contributed by atoms with Crippen LogP contribution in [0.3, 0.4) is 0 Å². The molecule has 0 amide bonds. The molecule has 156 valence electrons. The lowest BCUT2D eigenvalue weighted by Crippen LogP contribution is -2.35. The van der Waals surface area contributed by atoms with Gasteiger partial charge >= 0.3 is 17.6 Å². The zero-order valence-electron chi connectivity index (χ0n) is 16.3. The maximum Gasteiger partial charge on any atom is 0.414 e. The number of benzene rings is 1. The molecule has 0 bridgehead atoms. The van der Waals surface area contributed by atoms with Gasteiger partial charge in [-0.1, -0.05) is 13.0 Å². The minimum absolute atomic E-state index is 0.0601. The van der Waals surface area contributed by atoms with Gasteiger partial charge in [-0.05, 0) is 63.2 Å². The van der Waals surface area contributed by atoms with Crippen molar-refractivity contribution in [3.63, 3.8) is 0 Å². The van der Waals surface area contributed by atoms with Gasteiger partial charge < -0.3 is 19.8 Å². The first-order valence-corrected chi connectivity index (χ1v) is 9.27. The Kier molecular flexibility index (Phi) is 9.94. The molecule has 0 saturated carbocycles. The second kappa shape index (κ2) is 11.9. The zero-order chi connectivity index (χ0) is 21.1. The quantitative estimate of drug-likeness (QED) is 0.311. The van der Waals surface area contributed by atoms with Crippen LogP contribution in [0.1, 0.15) is 38.2 Å². The molecule has 1 aromatic rings. The Morgan fingerprint density at radius 2 is 1.96 bits per heavy atom. The number of hydrogen-bond acceptors (Lipinski definition) is 6. The number of piperidine rings is 1. The summed E-state index contributed by atoms with van der Waals surface area (Å²) in [6, 6.07) is 5.10. The van der Waals surface area contributed by atoms with Crippen LogP contribution in [-0.4, -0.2) is 58.2 Å². The van der Waals surface area contributed by atoms with Gasteiger partial charge in [0.2, 0.25) is 0 Å². The van der Waals surface area contributed by atoms with Gasteiger partial charge in [-0.25, -0.2) is 9.59 Å². The summed E-state index contributed by atoms with van der Waals surface area (Å²) in [5, 5.41) is 25.8. The largest absolute Gasteiger partial charge is 0.487 e. The highest BCUT2D eigenvalue weighted by atomic mass is 16.6. The average Bonchev–Trinajstić information content (AvgIpc) is 2.63. The molecule has 0 radical (unpaired) electrons. The van der Waals surface area contributed by atoms with Crippen LogP contribution in [0.15, 0.2) is 18.2 Å². The van der Waals surface area contributed by atoms with E-state index in [1.54, 1.807) is 12.1 Å². The van der Waals surface area contributed by atoms with Gasteiger partial charge in [0.15, 0.2) is 5.75 Å². The Morgan fingerprint density at radius 3 is 2.54 bits per heavy atom. The molecule has 1 aromatic carbocycles. The number of carboxylic acids is 2. The molecule has 1 aliphatic heterocycles. The summed E-state index contributed by atoms with van der Waals surface area (Å²) in [7, 11) is 0. The van der Waals surface area contributed by atoms with Crippen LogP contribution in [0.4, 0.5) is 5.69 Å². The average molecular weight is 396 g/mol. The Balaban J connectivity index is 0.000000568. The van der Waals surface area contributed by atoms with Crippen LogP contribution < -0.4 is 4.74 Å². The van der Waals surface area contributed by atoms with E-state index in [1.165, 1.54) is 25.9 Å².